The molecule has 0 radical (unpaired) electrons. The Balaban J connectivity index is 2.20. The number of nitrogens with one attached hydrogen (secondary N) is 1. The Bertz CT molecular complexity index is 770. The standard InChI is InChI=1S/C21H25NO5/c1-14(2)27-21(24)18(22-15-9-11-16(25-3)12-10-15)13-19(23)17-7-5-6-8-20(17)26-4/h5-12,14,18,22H,13H2,1-4H3/t18-/m0/s1. The highest BCUT2D eigenvalue weighted by Crippen LogP contribution is 2.22. The second-order valence-corrected chi connectivity index (χ2v) is 6.24. The highest BCUT2D eigenvalue weighted by atomic mass is 16.5. The summed E-state index contributed by atoms with van der Waals surface area (Å²) in [5, 5.41) is 3.08. The molecule has 2 aromatic rings. The molecule has 0 aliphatic carbocycles. The predicted molar refractivity (Wildman–Crippen MR) is 104 cm³/mol. The molecular formula is C21H25NO5. The number of hydrogen-bond donors (Lipinski definition) is 1. The van der Waals surface area contributed by atoms with Gasteiger partial charge in [-0.2, -0.15) is 0 Å². The average molecular weight is 371 g/mol. The van der Waals surface area contributed by atoms with E-state index in [1.165, 1.54) is 7.11 Å². The Morgan fingerprint density at radius 2 is 1.63 bits per heavy atom. The maximum Gasteiger partial charge on any atom is 0.329 e. The first-order valence-corrected chi connectivity index (χ1v) is 8.72. The lowest BCUT2D eigenvalue weighted by Crippen LogP contribution is -2.35. The van der Waals surface area contributed by atoms with E-state index in [4.69, 9.17) is 14.2 Å². The molecule has 144 valence electrons. The number of carbonyl (C=O) groups is 2. The van der Waals surface area contributed by atoms with Crippen LogP contribution in [-0.2, 0) is 9.53 Å². The molecule has 0 aromatic heterocycles. The molecular weight excluding hydrogens is 346 g/mol. The lowest BCUT2D eigenvalue weighted by Gasteiger charge is -2.20. The Morgan fingerprint density at radius 3 is 2.22 bits per heavy atom. The molecule has 0 spiro atoms. The summed E-state index contributed by atoms with van der Waals surface area (Å²) in [7, 11) is 3.09. The average Bonchev–Trinajstić information content (AvgIpc) is 2.67. The second-order valence-electron chi connectivity index (χ2n) is 6.24. The van der Waals surface area contributed by atoms with E-state index in [2.05, 4.69) is 5.32 Å². The van der Waals surface area contributed by atoms with Gasteiger partial charge >= 0.3 is 5.97 Å². The molecule has 0 fully saturated rings. The lowest BCUT2D eigenvalue weighted by atomic mass is 10.0. The maximum atomic E-state index is 12.8. The first-order valence-electron chi connectivity index (χ1n) is 8.72. The molecule has 0 aliphatic heterocycles. The molecule has 2 aromatic carbocycles. The Morgan fingerprint density at radius 1 is 0.963 bits per heavy atom. The Labute approximate surface area is 159 Å². The van der Waals surface area contributed by atoms with Crippen LogP contribution in [0, 0.1) is 0 Å². The van der Waals surface area contributed by atoms with Crippen LogP contribution < -0.4 is 14.8 Å². The highest BCUT2D eigenvalue weighted by Gasteiger charge is 2.26. The van der Waals surface area contributed by atoms with Crippen molar-refractivity contribution in [1.29, 1.82) is 0 Å². The summed E-state index contributed by atoms with van der Waals surface area (Å²) in [5.74, 6) is 0.484. The highest BCUT2D eigenvalue weighted by molar-refractivity contribution is 6.01. The van der Waals surface area contributed by atoms with E-state index in [0.717, 1.165) is 0 Å². The van der Waals surface area contributed by atoms with Gasteiger partial charge in [-0.1, -0.05) is 12.1 Å². The summed E-state index contributed by atoms with van der Waals surface area (Å²) in [4.78, 5) is 25.3. The molecule has 0 amide bonds. The monoisotopic (exact) mass is 371 g/mol. The van der Waals surface area contributed by atoms with Crippen molar-refractivity contribution in [2.24, 2.45) is 0 Å². The van der Waals surface area contributed by atoms with Crippen molar-refractivity contribution in [2.45, 2.75) is 32.4 Å². The third-order valence-corrected chi connectivity index (χ3v) is 3.86. The molecule has 0 saturated carbocycles. The number of ketones is 1. The molecule has 0 unspecified atom stereocenters. The van der Waals surface area contributed by atoms with E-state index in [1.807, 2.05) is 0 Å². The van der Waals surface area contributed by atoms with Gasteiger partial charge in [-0.05, 0) is 50.2 Å². The Kier molecular flexibility index (Phi) is 7.23. The number of benzene rings is 2. The van der Waals surface area contributed by atoms with Crippen LogP contribution in [0.15, 0.2) is 48.5 Å². The number of rotatable bonds is 9. The second kappa shape index (κ2) is 9.62. The van der Waals surface area contributed by atoms with Gasteiger partial charge < -0.3 is 19.5 Å². The van der Waals surface area contributed by atoms with E-state index in [0.29, 0.717) is 22.7 Å². The summed E-state index contributed by atoms with van der Waals surface area (Å²) >= 11 is 0. The largest absolute Gasteiger partial charge is 0.497 e. The van der Waals surface area contributed by atoms with Crippen LogP contribution >= 0.6 is 0 Å². The van der Waals surface area contributed by atoms with Crippen LogP contribution in [0.3, 0.4) is 0 Å². The van der Waals surface area contributed by atoms with Crippen molar-refractivity contribution >= 4 is 17.4 Å². The number of ether oxygens (including phenoxy) is 3. The molecule has 1 N–H and O–H groups in total. The first kappa shape index (κ1) is 20.3. The van der Waals surface area contributed by atoms with Crippen molar-refractivity contribution in [3.05, 3.63) is 54.1 Å². The SMILES string of the molecule is COc1ccc(N[C@@H](CC(=O)c2ccccc2OC)C(=O)OC(C)C)cc1. The van der Waals surface area contributed by atoms with E-state index in [1.54, 1.807) is 69.5 Å². The molecule has 2 rings (SSSR count). The molecule has 0 bridgehead atoms. The summed E-state index contributed by atoms with van der Waals surface area (Å²) < 4.78 is 15.7. The summed E-state index contributed by atoms with van der Waals surface area (Å²) in [5.41, 5.74) is 1.12. The number of esters is 1. The van der Waals surface area contributed by atoms with Crippen molar-refractivity contribution in [1.82, 2.24) is 0 Å². The quantitative estimate of drug-likeness (QED) is 0.535. The number of Topliss-reactive ketones (excluding diaryl/α,β-unsaturated/α-hetero) is 1. The van der Waals surface area contributed by atoms with Gasteiger partial charge in [0.05, 0.1) is 25.9 Å². The van der Waals surface area contributed by atoms with Crippen molar-refractivity contribution in [3.8, 4) is 11.5 Å². The van der Waals surface area contributed by atoms with Crippen LogP contribution in [0.5, 0.6) is 11.5 Å². The Hall–Kier alpha value is -3.02. The zero-order chi connectivity index (χ0) is 19.8. The zero-order valence-corrected chi connectivity index (χ0v) is 16.0. The van der Waals surface area contributed by atoms with Crippen LogP contribution in [0.1, 0.15) is 30.6 Å². The molecule has 1 atom stereocenters. The van der Waals surface area contributed by atoms with E-state index in [9.17, 15) is 9.59 Å². The fourth-order valence-electron chi connectivity index (χ4n) is 2.57. The summed E-state index contributed by atoms with van der Waals surface area (Å²) in [6.07, 6.45) is -0.336. The summed E-state index contributed by atoms with van der Waals surface area (Å²) in [6, 6.07) is 13.2. The number of para-hydroxylation sites is 1. The van der Waals surface area contributed by atoms with Crippen LogP contribution in [0.4, 0.5) is 5.69 Å². The third kappa shape index (κ3) is 5.74. The van der Waals surface area contributed by atoms with E-state index < -0.39 is 12.0 Å². The van der Waals surface area contributed by atoms with Gasteiger partial charge in [0.15, 0.2) is 5.78 Å². The molecule has 0 aliphatic rings. The topological polar surface area (TPSA) is 73.9 Å². The van der Waals surface area contributed by atoms with Gasteiger partial charge in [0, 0.05) is 12.1 Å². The van der Waals surface area contributed by atoms with Gasteiger partial charge in [0.2, 0.25) is 0 Å². The first-order chi connectivity index (χ1) is 12.9. The smallest absolute Gasteiger partial charge is 0.329 e. The minimum Gasteiger partial charge on any atom is -0.497 e. The number of hydrogen-bond acceptors (Lipinski definition) is 6. The van der Waals surface area contributed by atoms with Crippen molar-refractivity contribution in [3.63, 3.8) is 0 Å². The van der Waals surface area contributed by atoms with Gasteiger partial charge in [-0.15, -0.1) is 0 Å². The molecule has 0 saturated heterocycles. The maximum absolute atomic E-state index is 12.8. The van der Waals surface area contributed by atoms with E-state index >= 15 is 0 Å². The zero-order valence-electron chi connectivity index (χ0n) is 16.0. The molecule has 6 heteroatoms. The fourth-order valence-corrected chi connectivity index (χ4v) is 2.57. The number of carbonyl (C=O) groups excluding carboxylic acids is 2. The van der Waals surface area contributed by atoms with Crippen LogP contribution in [0.2, 0.25) is 0 Å². The fraction of sp³-hybridized carbons (Fsp3) is 0.333. The van der Waals surface area contributed by atoms with E-state index in [-0.39, 0.29) is 18.3 Å². The minimum atomic E-state index is -0.821. The van der Waals surface area contributed by atoms with Gasteiger partial charge in [-0.3, -0.25) is 4.79 Å². The normalized spacial score (nSPS) is 11.6. The predicted octanol–water partition coefficient (Wildman–Crippen LogP) is 3.71. The van der Waals surface area contributed by atoms with Gasteiger partial charge in [0.25, 0.3) is 0 Å². The molecule has 27 heavy (non-hydrogen) atoms. The number of anilines is 1. The molecule has 6 nitrogen and oxygen atoms in total. The third-order valence-electron chi connectivity index (χ3n) is 3.86. The van der Waals surface area contributed by atoms with Gasteiger partial charge in [0.1, 0.15) is 17.5 Å². The van der Waals surface area contributed by atoms with Crippen molar-refractivity contribution in [2.75, 3.05) is 19.5 Å². The van der Waals surface area contributed by atoms with Crippen molar-refractivity contribution < 1.29 is 23.8 Å². The molecule has 0 heterocycles. The van der Waals surface area contributed by atoms with Crippen LogP contribution in [-0.4, -0.2) is 38.1 Å². The number of methoxy groups -OCH3 is 2. The summed E-state index contributed by atoms with van der Waals surface area (Å²) in [6.45, 7) is 3.54. The van der Waals surface area contributed by atoms with Crippen LogP contribution in [0.25, 0.3) is 0 Å². The lowest BCUT2D eigenvalue weighted by molar-refractivity contribution is -0.148. The minimum absolute atomic E-state index is 0.0576. The van der Waals surface area contributed by atoms with Gasteiger partial charge in [-0.25, -0.2) is 4.79 Å².